The Balaban J connectivity index is 1.69. The van der Waals surface area contributed by atoms with Gasteiger partial charge in [0.25, 0.3) is 0 Å². The molecule has 2 fully saturated rings. The molecule has 2 unspecified atom stereocenters. The predicted octanol–water partition coefficient (Wildman–Crippen LogP) is 2.44. The number of hydrogen-bond acceptors (Lipinski definition) is 0. The summed E-state index contributed by atoms with van der Waals surface area (Å²) in [5.41, 5.74) is 0. The molecule has 8 heavy (non-hydrogen) atoms. The molecule has 0 nitrogen and oxygen atoms in total. The molecule has 2 saturated carbocycles. The van der Waals surface area contributed by atoms with E-state index in [4.69, 9.17) is 0 Å². The molecule has 0 heteroatoms. The Hall–Kier alpha value is 0. The zero-order valence-electron chi connectivity index (χ0n) is 5.56. The maximum Gasteiger partial charge on any atom is -0.0383 e. The normalized spacial score (nSPS) is 44.6. The van der Waals surface area contributed by atoms with E-state index in [-0.39, 0.29) is 0 Å². The van der Waals surface area contributed by atoms with Crippen LogP contribution in [-0.2, 0) is 0 Å². The van der Waals surface area contributed by atoms with Gasteiger partial charge in [0.1, 0.15) is 0 Å². The van der Waals surface area contributed by atoms with E-state index in [1.165, 1.54) is 12.3 Å². The first-order chi connectivity index (χ1) is 3.86. The van der Waals surface area contributed by atoms with Crippen LogP contribution in [0.15, 0.2) is 0 Å². The molecule has 46 valence electrons. The summed E-state index contributed by atoms with van der Waals surface area (Å²) >= 11 is 0. The average Bonchev–Trinajstić information content (AvgIpc) is 2.52. The maximum atomic E-state index is 2.38. The molecule has 0 N–H and O–H groups in total. The minimum atomic E-state index is 1.09. The van der Waals surface area contributed by atoms with E-state index < -0.39 is 0 Å². The van der Waals surface area contributed by atoms with Gasteiger partial charge in [-0.25, -0.2) is 0 Å². The van der Waals surface area contributed by atoms with Crippen molar-refractivity contribution in [3.8, 4) is 0 Å². The Morgan fingerprint density at radius 3 is 2.38 bits per heavy atom. The Bertz CT molecular complexity index is 92.2. The number of rotatable bonds is 2. The molecule has 0 saturated heterocycles. The average molecular weight is 110 g/mol. The van der Waals surface area contributed by atoms with Gasteiger partial charge in [-0.3, -0.25) is 0 Å². The molecule has 2 aliphatic carbocycles. The van der Waals surface area contributed by atoms with Gasteiger partial charge >= 0.3 is 0 Å². The van der Waals surface area contributed by atoms with Crippen molar-refractivity contribution < 1.29 is 0 Å². The predicted molar refractivity (Wildman–Crippen MR) is 34.6 cm³/mol. The van der Waals surface area contributed by atoms with Crippen LogP contribution in [0.25, 0.3) is 0 Å². The minimum absolute atomic E-state index is 1.09. The van der Waals surface area contributed by atoms with Crippen LogP contribution < -0.4 is 0 Å². The molecule has 0 spiro atoms. The summed E-state index contributed by atoms with van der Waals surface area (Å²) in [4.78, 5) is 0. The molecular formula is C8H14. The van der Waals surface area contributed by atoms with Gasteiger partial charge < -0.3 is 0 Å². The monoisotopic (exact) mass is 110 g/mol. The molecule has 2 atom stereocenters. The van der Waals surface area contributed by atoms with E-state index in [1.807, 2.05) is 0 Å². The van der Waals surface area contributed by atoms with Crippen LogP contribution in [0, 0.1) is 17.8 Å². The van der Waals surface area contributed by atoms with Crippen LogP contribution in [0.5, 0.6) is 0 Å². The maximum absolute atomic E-state index is 2.38. The Kier molecular flexibility index (Phi) is 0.902. The van der Waals surface area contributed by atoms with E-state index in [0.717, 1.165) is 11.8 Å². The van der Waals surface area contributed by atoms with Gasteiger partial charge in [0.05, 0.1) is 0 Å². The highest BCUT2D eigenvalue weighted by Gasteiger charge is 2.37. The summed E-state index contributed by atoms with van der Waals surface area (Å²) in [6.45, 7) is 2.38. The van der Waals surface area contributed by atoms with E-state index in [1.54, 1.807) is 19.3 Å². The van der Waals surface area contributed by atoms with E-state index in [9.17, 15) is 0 Å². The minimum Gasteiger partial charge on any atom is -0.0622 e. The fourth-order valence-corrected chi connectivity index (χ4v) is 1.51. The lowest BCUT2D eigenvalue weighted by Gasteiger charge is -1.89. The van der Waals surface area contributed by atoms with Crippen molar-refractivity contribution in [2.24, 2.45) is 17.8 Å². The van der Waals surface area contributed by atoms with Crippen molar-refractivity contribution in [1.29, 1.82) is 0 Å². The first-order valence-electron chi connectivity index (χ1n) is 3.86. The van der Waals surface area contributed by atoms with Crippen LogP contribution in [0.1, 0.15) is 32.6 Å². The zero-order valence-corrected chi connectivity index (χ0v) is 5.56. The van der Waals surface area contributed by atoms with Crippen LogP contribution in [0.3, 0.4) is 0 Å². The molecule has 2 aliphatic rings. The standard InChI is InChI=1S/C8H14/c1-6-4-8(6)5-7-2-3-7/h6-8H,2-5H2,1H3. The fraction of sp³-hybridized carbons (Fsp3) is 1.00. The summed E-state index contributed by atoms with van der Waals surface area (Å²) in [5.74, 6) is 3.42. The van der Waals surface area contributed by atoms with E-state index in [0.29, 0.717) is 0 Å². The lowest BCUT2D eigenvalue weighted by molar-refractivity contribution is 0.615. The Morgan fingerprint density at radius 2 is 2.00 bits per heavy atom. The Morgan fingerprint density at radius 1 is 1.38 bits per heavy atom. The molecule has 2 rings (SSSR count). The second kappa shape index (κ2) is 1.49. The molecule has 0 aromatic heterocycles. The lowest BCUT2D eigenvalue weighted by atomic mass is 10.2. The number of hydrogen-bond donors (Lipinski definition) is 0. The van der Waals surface area contributed by atoms with Gasteiger partial charge in [-0.2, -0.15) is 0 Å². The molecular weight excluding hydrogens is 96.1 g/mol. The summed E-state index contributed by atoms with van der Waals surface area (Å²) < 4.78 is 0. The largest absolute Gasteiger partial charge is 0.0622 e. The van der Waals surface area contributed by atoms with Gasteiger partial charge in [0.2, 0.25) is 0 Å². The van der Waals surface area contributed by atoms with Crippen LogP contribution in [0.4, 0.5) is 0 Å². The van der Waals surface area contributed by atoms with Gasteiger partial charge in [-0.1, -0.05) is 19.8 Å². The van der Waals surface area contributed by atoms with Gasteiger partial charge in [-0.05, 0) is 30.6 Å². The first kappa shape index (κ1) is 4.84. The van der Waals surface area contributed by atoms with Gasteiger partial charge in [-0.15, -0.1) is 0 Å². The van der Waals surface area contributed by atoms with Gasteiger partial charge in [0, 0.05) is 0 Å². The second-order valence-electron chi connectivity index (χ2n) is 3.65. The van der Waals surface area contributed by atoms with Crippen molar-refractivity contribution in [1.82, 2.24) is 0 Å². The second-order valence-corrected chi connectivity index (χ2v) is 3.65. The van der Waals surface area contributed by atoms with Crippen molar-refractivity contribution >= 4 is 0 Å². The first-order valence-corrected chi connectivity index (χ1v) is 3.86. The highest BCUT2D eigenvalue weighted by Crippen LogP contribution is 2.48. The van der Waals surface area contributed by atoms with Crippen molar-refractivity contribution in [2.45, 2.75) is 32.6 Å². The molecule has 0 aliphatic heterocycles. The third kappa shape index (κ3) is 0.888. The third-order valence-corrected chi connectivity index (χ3v) is 2.61. The van der Waals surface area contributed by atoms with Gasteiger partial charge in [0.15, 0.2) is 0 Å². The molecule has 0 radical (unpaired) electrons. The lowest BCUT2D eigenvalue weighted by Crippen LogP contribution is -1.79. The molecule has 0 bridgehead atoms. The van der Waals surface area contributed by atoms with Crippen molar-refractivity contribution in [3.63, 3.8) is 0 Å². The molecule has 0 amide bonds. The summed E-state index contributed by atoms with van der Waals surface area (Å²) in [6, 6.07) is 0. The molecule has 0 heterocycles. The van der Waals surface area contributed by atoms with Crippen LogP contribution >= 0.6 is 0 Å². The van der Waals surface area contributed by atoms with E-state index >= 15 is 0 Å². The highest BCUT2D eigenvalue weighted by atomic mass is 14.4. The van der Waals surface area contributed by atoms with Crippen molar-refractivity contribution in [3.05, 3.63) is 0 Å². The van der Waals surface area contributed by atoms with Crippen molar-refractivity contribution in [2.75, 3.05) is 0 Å². The molecule has 0 aromatic carbocycles. The summed E-state index contributed by atoms with van der Waals surface area (Å²) in [7, 11) is 0. The SMILES string of the molecule is CC1CC1CC1CC1. The summed E-state index contributed by atoms with van der Waals surface area (Å²) in [5, 5.41) is 0. The molecule has 0 aromatic rings. The van der Waals surface area contributed by atoms with Crippen LogP contribution in [-0.4, -0.2) is 0 Å². The summed E-state index contributed by atoms with van der Waals surface area (Å²) in [6.07, 6.45) is 6.20. The van der Waals surface area contributed by atoms with Crippen LogP contribution in [0.2, 0.25) is 0 Å². The quantitative estimate of drug-likeness (QED) is 0.512. The smallest absolute Gasteiger partial charge is 0.0383 e. The fourth-order valence-electron chi connectivity index (χ4n) is 1.51. The zero-order chi connectivity index (χ0) is 5.56. The van der Waals surface area contributed by atoms with E-state index in [2.05, 4.69) is 6.92 Å². The highest BCUT2D eigenvalue weighted by molar-refractivity contribution is 4.87. The Labute approximate surface area is 51.3 Å². The topological polar surface area (TPSA) is 0 Å². The third-order valence-electron chi connectivity index (χ3n) is 2.61.